The van der Waals surface area contributed by atoms with Crippen molar-refractivity contribution < 1.29 is 5.11 Å². The van der Waals surface area contributed by atoms with E-state index in [4.69, 9.17) is 5.11 Å². The summed E-state index contributed by atoms with van der Waals surface area (Å²) >= 11 is 0. The zero-order chi connectivity index (χ0) is 10.6. The largest absolute Gasteiger partial charge is 0.396 e. The average molecular weight is 212 g/mol. The van der Waals surface area contributed by atoms with Gasteiger partial charge in [0.2, 0.25) is 0 Å². The average Bonchev–Trinajstić information content (AvgIpc) is 2.29. The van der Waals surface area contributed by atoms with E-state index in [2.05, 4.69) is 10.2 Å². The van der Waals surface area contributed by atoms with Gasteiger partial charge >= 0.3 is 0 Å². The highest BCUT2D eigenvalue weighted by Gasteiger charge is 2.38. The normalized spacial score (nSPS) is 27.0. The second kappa shape index (κ2) is 5.28. The van der Waals surface area contributed by atoms with Gasteiger partial charge in [0.1, 0.15) is 0 Å². The molecule has 2 N–H and O–H groups in total. The van der Waals surface area contributed by atoms with Crippen molar-refractivity contribution in [2.45, 2.75) is 44.1 Å². The highest BCUT2D eigenvalue weighted by molar-refractivity contribution is 4.97. The molecule has 1 saturated heterocycles. The van der Waals surface area contributed by atoms with Crippen molar-refractivity contribution in [1.29, 1.82) is 0 Å². The monoisotopic (exact) mass is 212 g/mol. The maximum Gasteiger partial charge on any atom is 0.0443 e. The Bertz CT molecular complexity index is 182. The fourth-order valence-corrected chi connectivity index (χ4v) is 3.20. The van der Waals surface area contributed by atoms with Gasteiger partial charge in [-0.3, -0.25) is 4.90 Å². The van der Waals surface area contributed by atoms with Crippen LogP contribution in [0.5, 0.6) is 0 Å². The van der Waals surface area contributed by atoms with Crippen LogP contribution in [0.3, 0.4) is 0 Å². The minimum atomic E-state index is 0.333. The van der Waals surface area contributed by atoms with Crippen LogP contribution in [0.1, 0.15) is 38.5 Å². The van der Waals surface area contributed by atoms with E-state index in [-0.39, 0.29) is 0 Å². The van der Waals surface area contributed by atoms with Crippen LogP contribution >= 0.6 is 0 Å². The quantitative estimate of drug-likeness (QED) is 0.732. The molecular weight excluding hydrogens is 188 g/mol. The predicted octanol–water partition coefficient (Wildman–Crippen LogP) is 0.977. The number of aliphatic hydroxyl groups excluding tert-OH is 1. The lowest BCUT2D eigenvalue weighted by molar-refractivity contribution is 0.0234. The molecule has 1 aliphatic carbocycles. The highest BCUT2D eigenvalue weighted by Crippen LogP contribution is 2.34. The van der Waals surface area contributed by atoms with Gasteiger partial charge in [-0.05, 0) is 19.3 Å². The first-order valence-electron chi connectivity index (χ1n) is 6.44. The lowest BCUT2D eigenvalue weighted by Crippen LogP contribution is -2.62. The standard InChI is InChI=1S/C12H24N2O/c15-10-4-8-14-9-7-13-11-12(14)5-2-1-3-6-12/h13,15H,1-11H2. The van der Waals surface area contributed by atoms with E-state index in [1.54, 1.807) is 0 Å². The van der Waals surface area contributed by atoms with Crippen molar-refractivity contribution in [2.75, 3.05) is 32.8 Å². The van der Waals surface area contributed by atoms with Crippen molar-refractivity contribution >= 4 is 0 Å². The molecule has 15 heavy (non-hydrogen) atoms. The smallest absolute Gasteiger partial charge is 0.0443 e. The van der Waals surface area contributed by atoms with Gasteiger partial charge in [0.15, 0.2) is 0 Å². The molecule has 0 atom stereocenters. The minimum Gasteiger partial charge on any atom is -0.396 e. The summed E-state index contributed by atoms with van der Waals surface area (Å²) in [6.45, 7) is 4.86. The van der Waals surface area contributed by atoms with Gasteiger partial charge in [-0.25, -0.2) is 0 Å². The van der Waals surface area contributed by atoms with Crippen LogP contribution < -0.4 is 5.32 Å². The number of hydrogen-bond acceptors (Lipinski definition) is 3. The first-order chi connectivity index (χ1) is 7.37. The van der Waals surface area contributed by atoms with E-state index in [0.717, 1.165) is 19.5 Å². The van der Waals surface area contributed by atoms with Crippen LogP contribution in [0.15, 0.2) is 0 Å². The predicted molar refractivity (Wildman–Crippen MR) is 62.0 cm³/mol. The number of aliphatic hydroxyl groups is 1. The molecule has 88 valence electrons. The first-order valence-corrected chi connectivity index (χ1v) is 6.44. The Morgan fingerprint density at radius 3 is 2.73 bits per heavy atom. The number of rotatable bonds is 3. The molecule has 3 nitrogen and oxygen atoms in total. The Morgan fingerprint density at radius 1 is 1.20 bits per heavy atom. The fraction of sp³-hybridized carbons (Fsp3) is 1.00. The maximum absolute atomic E-state index is 8.94. The summed E-state index contributed by atoms with van der Waals surface area (Å²) in [4.78, 5) is 2.64. The Labute approximate surface area is 92.8 Å². The lowest BCUT2D eigenvalue weighted by Gasteiger charge is -2.50. The highest BCUT2D eigenvalue weighted by atomic mass is 16.3. The van der Waals surface area contributed by atoms with Gasteiger partial charge in [0.05, 0.1) is 0 Å². The molecule has 3 heteroatoms. The van der Waals surface area contributed by atoms with Crippen molar-refractivity contribution in [3.63, 3.8) is 0 Å². The van der Waals surface area contributed by atoms with Crippen LogP contribution in [-0.4, -0.2) is 48.3 Å². The third-order valence-corrected chi connectivity index (χ3v) is 4.05. The Kier molecular flexibility index (Phi) is 4.00. The van der Waals surface area contributed by atoms with Gasteiger partial charge in [-0.15, -0.1) is 0 Å². The molecule has 0 aromatic heterocycles. The Morgan fingerprint density at radius 2 is 2.00 bits per heavy atom. The summed E-state index contributed by atoms with van der Waals surface area (Å²) in [5.41, 5.74) is 0.436. The zero-order valence-corrected chi connectivity index (χ0v) is 9.67. The molecule has 0 radical (unpaired) electrons. The van der Waals surface area contributed by atoms with Crippen molar-refractivity contribution in [3.05, 3.63) is 0 Å². The molecule has 1 saturated carbocycles. The van der Waals surface area contributed by atoms with Crippen molar-refractivity contribution in [2.24, 2.45) is 0 Å². The number of hydrogen-bond donors (Lipinski definition) is 2. The lowest BCUT2D eigenvalue weighted by atomic mass is 9.79. The summed E-state index contributed by atoms with van der Waals surface area (Å²) in [7, 11) is 0. The number of nitrogens with one attached hydrogen (secondary N) is 1. The van der Waals surface area contributed by atoms with Gasteiger partial charge in [-0.2, -0.15) is 0 Å². The second-order valence-electron chi connectivity index (χ2n) is 5.03. The third kappa shape index (κ3) is 2.52. The summed E-state index contributed by atoms with van der Waals surface area (Å²) in [6.07, 6.45) is 7.82. The molecule has 0 unspecified atom stereocenters. The van der Waals surface area contributed by atoms with E-state index < -0.39 is 0 Å². The SMILES string of the molecule is OCCCN1CCNCC12CCCCC2. The molecule has 2 aliphatic rings. The Balaban J connectivity index is 1.97. The van der Waals surface area contributed by atoms with E-state index in [0.29, 0.717) is 12.1 Å². The van der Waals surface area contributed by atoms with Crippen LogP contribution in [0.4, 0.5) is 0 Å². The van der Waals surface area contributed by atoms with E-state index in [1.165, 1.54) is 45.2 Å². The first kappa shape index (κ1) is 11.4. The zero-order valence-electron chi connectivity index (χ0n) is 9.67. The van der Waals surface area contributed by atoms with Crippen LogP contribution in [0, 0.1) is 0 Å². The molecule has 1 spiro atoms. The van der Waals surface area contributed by atoms with Gasteiger partial charge in [-0.1, -0.05) is 19.3 Å². The maximum atomic E-state index is 8.94. The summed E-state index contributed by atoms with van der Waals surface area (Å²) in [6, 6.07) is 0. The van der Waals surface area contributed by atoms with Gasteiger partial charge in [0.25, 0.3) is 0 Å². The minimum absolute atomic E-state index is 0.333. The number of nitrogens with zero attached hydrogens (tertiary/aromatic N) is 1. The number of piperazine rings is 1. The molecule has 2 fully saturated rings. The third-order valence-electron chi connectivity index (χ3n) is 4.05. The van der Waals surface area contributed by atoms with Crippen LogP contribution in [0.25, 0.3) is 0 Å². The van der Waals surface area contributed by atoms with Crippen molar-refractivity contribution in [1.82, 2.24) is 10.2 Å². The molecule has 0 aromatic carbocycles. The molecular formula is C12H24N2O. The van der Waals surface area contributed by atoms with E-state index in [1.807, 2.05) is 0 Å². The molecule has 1 aliphatic heterocycles. The molecule has 1 heterocycles. The summed E-state index contributed by atoms with van der Waals surface area (Å²) < 4.78 is 0. The molecule has 2 rings (SSSR count). The molecule has 0 aromatic rings. The topological polar surface area (TPSA) is 35.5 Å². The van der Waals surface area contributed by atoms with Crippen LogP contribution in [-0.2, 0) is 0 Å². The molecule has 0 amide bonds. The fourth-order valence-electron chi connectivity index (χ4n) is 3.20. The van der Waals surface area contributed by atoms with Gasteiger partial charge in [0, 0.05) is 38.3 Å². The van der Waals surface area contributed by atoms with Gasteiger partial charge < -0.3 is 10.4 Å². The van der Waals surface area contributed by atoms with E-state index >= 15 is 0 Å². The van der Waals surface area contributed by atoms with Crippen LogP contribution in [0.2, 0.25) is 0 Å². The Hall–Kier alpha value is -0.120. The van der Waals surface area contributed by atoms with Crippen molar-refractivity contribution in [3.8, 4) is 0 Å². The summed E-state index contributed by atoms with van der Waals surface area (Å²) in [5, 5.41) is 12.5. The summed E-state index contributed by atoms with van der Waals surface area (Å²) in [5.74, 6) is 0. The van der Waals surface area contributed by atoms with E-state index in [9.17, 15) is 0 Å². The second-order valence-corrected chi connectivity index (χ2v) is 5.03. The molecule has 0 bridgehead atoms.